The number of hydrogen-bond acceptors (Lipinski definition) is 0. The topological polar surface area (TPSA) is 17.6 Å². The highest BCUT2D eigenvalue weighted by Crippen LogP contribution is 2.03. The molecule has 0 unspecified atom stereocenters. The summed E-state index contributed by atoms with van der Waals surface area (Å²) in [6.45, 7) is 14.8. The largest absolute Gasteiger partial charge is 0.253 e. The smallest absolute Gasteiger partial charge is 0.234 e. The summed E-state index contributed by atoms with van der Waals surface area (Å²) < 4.78 is 9.40. The predicted octanol–water partition coefficient (Wildman–Crippen LogP) is 3.73. The number of unbranched alkanes of at least 4 members (excludes halogenated alkanes) is 4. The lowest BCUT2D eigenvalue weighted by Crippen LogP contribution is -2.36. The molecule has 0 aliphatic rings. The van der Waals surface area contributed by atoms with Gasteiger partial charge in [0.15, 0.2) is 0 Å². The van der Waals surface area contributed by atoms with Crippen LogP contribution in [0.3, 0.4) is 0 Å². The van der Waals surface area contributed by atoms with Crippen LogP contribution in [0.4, 0.5) is 0 Å². The molecule has 0 bridgehead atoms. The Balaban J connectivity index is 1.65. The molecular formula is C21H36N4+2. The molecule has 2 aromatic heterocycles. The van der Waals surface area contributed by atoms with Crippen molar-refractivity contribution in [2.45, 2.75) is 85.5 Å². The Morgan fingerprint density at radius 1 is 0.880 bits per heavy atom. The lowest BCUT2D eigenvalue weighted by molar-refractivity contribution is -0.704. The zero-order valence-electron chi connectivity index (χ0n) is 16.5. The first-order chi connectivity index (χ1) is 12.2. The van der Waals surface area contributed by atoms with Crippen molar-refractivity contribution in [3.63, 3.8) is 0 Å². The van der Waals surface area contributed by atoms with E-state index in [0.29, 0.717) is 0 Å². The summed E-state index contributed by atoms with van der Waals surface area (Å²) in [5.41, 5.74) is 0. The molecule has 0 N–H and O–H groups in total. The van der Waals surface area contributed by atoms with Crippen LogP contribution in [0.25, 0.3) is 0 Å². The molecule has 0 radical (unpaired) electrons. The molecule has 0 saturated heterocycles. The van der Waals surface area contributed by atoms with E-state index in [1.54, 1.807) is 0 Å². The van der Waals surface area contributed by atoms with Gasteiger partial charge in [0.25, 0.3) is 11.6 Å². The minimum atomic E-state index is 0.896. The fraction of sp³-hybridized carbons (Fsp3) is 0.619. The minimum Gasteiger partial charge on any atom is -0.234 e. The molecule has 2 rings (SSSR count). The highest BCUT2D eigenvalue weighted by molar-refractivity contribution is 4.83. The van der Waals surface area contributed by atoms with Crippen molar-refractivity contribution >= 4 is 0 Å². The molecular weight excluding hydrogens is 308 g/mol. The van der Waals surface area contributed by atoms with E-state index in [1.807, 2.05) is 6.08 Å². The first kappa shape index (κ1) is 19.5. The van der Waals surface area contributed by atoms with Crippen LogP contribution in [-0.2, 0) is 26.2 Å². The first-order valence-electron chi connectivity index (χ1n) is 9.88. The molecule has 2 aromatic rings. The number of aryl methyl sites for hydroxylation is 3. The van der Waals surface area contributed by atoms with Crippen LogP contribution in [-0.4, -0.2) is 9.13 Å². The molecule has 0 saturated carbocycles. The fourth-order valence-corrected chi connectivity index (χ4v) is 3.37. The van der Waals surface area contributed by atoms with Crippen molar-refractivity contribution in [1.29, 1.82) is 0 Å². The molecule has 0 aromatic carbocycles. The standard InChI is InChI=1S/C21H36N4/c1-5-7-13-23-18-19-25(21(23)4)15-11-9-8-10-14-24-17-16-22(12-6-2)20(24)3/h6,16-19H,2,5,7-15H2,1,3-4H3/q+2. The minimum absolute atomic E-state index is 0.896. The Hall–Kier alpha value is -1.84. The van der Waals surface area contributed by atoms with Crippen molar-refractivity contribution in [3.05, 3.63) is 49.1 Å². The number of allylic oxidation sites excluding steroid dienone is 1. The van der Waals surface area contributed by atoms with Crippen LogP contribution in [0.2, 0.25) is 0 Å². The van der Waals surface area contributed by atoms with Gasteiger partial charge in [0, 0.05) is 13.8 Å². The Bertz CT molecular complexity index is 651. The molecule has 0 aliphatic heterocycles. The van der Waals surface area contributed by atoms with Gasteiger partial charge in [-0.2, -0.15) is 0 Å². The Labute approximate surface area is 153 Å². The summed E-state index contributed by atoms with van der Waals surface area (Å²) in [6.07, 6.45) is 18.4. The Morgan fingerprint density at radius 2 is 1.44 bits per heavy atom. The molecule has 4 heteroatoms. The Morgan fingerprint density at radius 3 is 2.00 bits per heavy atom. The van der Waals surface area contributed by atoms with Crippen LogP contribution >= 0.6 is 0 Å². The lowest BCUT2D eigenvalue weighted by atomic mass is 10.2. The van der Waals surface area contributed by atoms with Gasteiger partial charge in [-0.05, 0) is 32.1 Å². The summed E-state index contributed by atoms with van der Waals surface area (Å²) in [7, 11) is 0. The van der Waals surface area contributed by atoms with E-state index in [1.165, 1.54) is 50.2 Å². The van der Waals surface area contributed by atoms with E-state index in [-0.39, 0.29) is 0 Å². The number of hydrogen-bond donors (Lipinski definition) is 0. The van der Waals surface area contributed by atoms with E-state index in [4.69, 9.17) is 0 Å². The molecule has 0 amide bonds. The van der Waals surface area contributed by atoms with Gasteiger partial charge in [0.1, 0.15) is 31.3 Å². The maximum absolute atomic E-state index is 3.82. The predicted molar refractivity (Wildman–Crippen MR) is 102 cm³/mol. The monoisotopic (exact) mass is 344 g/mol. The van der Waals surface area contributed by atoms with E-state index < -0.39 is 0 Å². The van der Waals surface area contributed by atoms with Gasteiger partial charge < -0.3 is 0 Å². The second kappa shape index (κ2) is 10.2. The number of rotatable bonds is 12. The van der Waals surface area contributed by atoms with Gasteiger partial charge in [-0.3, -0.25) is 0 Å². The molecule has 0 aliphatic carbocycles. The summed E-state index contributed by atoms with van der Waals surface area (Å²) in [5.74, 6) is 2.71. The number of nitrogens with zero attached hydrogens (tertiary/aromatic N) is 4. The highest BCUT2D eigenvalue weighted by atomic mass is 15.1. The lowest BCUT2D eigenvalue weighted by Gasteiger charge is -2.02. The molecule has 25 heavy (non-hydrogen) atoms. The molecule has 0 atom stereocenters. The number of imidazole rings is 2. The molecule has 2 heterocycles. The SMILES string of the molecule is C=CCn1cc[n+](CCCCCC[n+]2ccn(CCCC)c2C)c1C. The van der Waals surface area contributed by atoms with Crippen LogP contribution in [0.1, 0.15) is 57.1 Å². The van der Waals surface area contributed by atoms with Crippen molar-refractivity contribution in [2.24, 2.45) is 0 Å². The van der Waals surface area contributed by atoms with E-state index in [0.717, 1.165) is 26.2 Å². The molecule has 4 nitrogen and oxygen atoms in total. The van der Waals surface area contributed by atoms with Gasteiger partial charge in [-0.1, -0.05) is 26.0 Å². The normalized spacial score (nSPS) is 11.2. The molecule has 138 valence electrons. The third-order valence-electron chi connectivity index (χ3n) is 5.14. The summed E-state index contributed by atoms with van der Waals surface area (Å²) >= 11 is 0. The average molecular weight is 345 g/mol. The number of aromatic nitrogens is 4. The average Bonchev–Trinajstić information content (AvgIpc) is 3.13. The molecule has 0 fully saturated rings. The highest BCUT2D eigenvalue weighted by Gasteiger charge is 2.12. The third-order valence-corrected chi connectivity index (χ3v) is 5.14. The van der Waals surface area contributed by atoms with E-state index >= 15 is 0 Å². The van der Waals surface area contributed by atoms with E-state index in [9.17, 15) is 0 Å². The van der Waals surface area contributed by atoms with Crippen LogP contribution in [0.5, 0.6) is 0 Å². The van der Waals surface area contributed by atoms with Crippen LogP contribution < -0.4 is 9.13 Å². The van der Waals surface area contributed by atoms with Crippen molar-refractivity contribution in [1.82, 2.24) is 9.13 Å². The summed E-state index contributed by atoms with van der Waals surface area (Å²) in [6, 6.07) is 0. The van der Waals surface area contributed by atoms with Gasteiger partial charge in [-0.15, -0.1) is 0 Å². The van der Waals surface area contributed by atoms with Gasteiger partial charge >= 0.3 is 0 Å². The summed E-state index contributed by atoms with van der Waals surface area (Å²) in [4.78, 5) is 0. The van der Waals surface area contributed by atoms with Crippen LogP contribution in [0.15, 0.2) is 37.4 Å². The maximum atomic E-state index is 3.82. The van der Waals surface area contributed by atoms with Crippen molar-refractivity contribution < 1.29 is 9.13 Å². The first-order valence-corrected chi connectivity index (χ1v) is 9.88. The van der Waals surface area contributed by atoms with Gasteiger partial charge in [0.05, 0.1) is 19.6 Å². The third kappa shape index (κ3) is 5.58. The zero-order chi connectivity index (χ0) is 18.1. The quantitative estimate of drug-likeness (QED) is 0.317. The summed E-state index contributed by atoms with van der Waals surface area (Å²) in [5, 5.41) is 0. The second-order valence-corrected chi connectivity index (χ2v) is 6.98. The van der Waals surface area contributed by atoms with E-state index in [2.05, 4.69) is 70.4 Å². The van der Waals surface area contributed by atoms with Crippen molar-refractivity contribution in [2.75, 3.05) is 0 Å². The second-order valence-electron chi connectivity index (χ2n) is 6.98. The zero-order valence-corrected chi connectivity index (χ0v) is 16.5. The van der Waals surface area contributed by atoms with Gasteiger partial charge in [-0.25, -0.2) is 18.3 Å². The Kier molecular flexibility index (Phi) is 7.96. The van der Waals surface area contributed by atoms with Gasteiger partial charge in [0.2, 0.25) is 0 Å². The van der Waals surface area contributed by atoms with Crippen molar-refractivity contribution in [3.8, 4) is 0 Å². The maximum Gasteiger partial charge on any atom is 0.253 e. The fourth-order valence-electron chi connectivity index (χ4n) is 3.37. The molecule has 0 spiro atoms. The van der Waals surface area contributed by atoms with Crippen LogP contribution in [0, 0.1) is 13.8 Å².